The van der Waals surface area contributed by atoms with Crippen LogP contribution in [0.2, 0.25) is 0 Å². The molecule has 3 N–H and O–H groups in total. The molecule has 1 heterocycles. The van der Waals surface area contributed by atoms with E-state index < -0.39 is 0 Å². The van der Waals surface area contributed by atoms with Gasteiger partial charge in [0.2, 0.25) is 0 Å². The van der Waals surface area contributed by atoms with Crippen LogP contribution in [-0.2, 0) is 13.0 Å². The lowest BCUT2D eigenvalue weighted by atomic mass is 10.1. The summed E-state index contributed by atoms with van der Waals surface area (Å²) >= 11 is 0. The van der Waals surface area contributed by atoms with Crippen LogP contribution < -0.4 is 5.73 Å². The summed E-state index contributed by atoms with van der Waals surface area (Å²) in [6.07, 6.45) is 1.01. The van der Waals surface area contributed by atoms with Crippen LogP contribution in [0, 0.1) is 0 Å². The van der Waals surface area contributed by atoms with Crippen LogP contribution in [0.15, 0.2) is 18.2 Å². The van der Waals surface area contributed by atoms with Crippen LogP contribution in [0.4, 0.5) is 0 Å². The molecule has 116 valence electrons. The molecule has 0 fully saturated rings. The van der Waals surface area contributed by atoms with Gasteiger partial charge in [0.15, 0.2) is 0 Å². The van der Waals surface area contributed by atoms with E-state index in [1.165, 1.54) is 5.56 Å². The predicted molar refractivity (Wildman–Crippen MR) is 86.3 cm³/mol. The highest BCUT2D eigenvalue weighted by Gasteiger charge is 2.19. The second kappa shape index (κ2) is 7.02. The Morgan fingerprint density at radius 2 is 2.19 bits per heavy atom. The maximum absolute atomic E-state index is 9.12. The van der Waals surface area contributed by atoms with E-state index in [-0.39, 0.29) is 12.6 Å². The average molecular weight is 290 g/mol. The molecule has 5 nitrogen and oxygen atoms in total. The first kappa shape index (κ1) is 15.9. The number of nitrogens with two attached hydrogens (primary N) is 1. The molecule has 21 heavy (non-hydrogen) atoms. The molecule has 0 aliphatic rings. The summed E-state index contributed by atoms with van der Waals surface area (Å²) in [5.41, 5.74) is 9.23. The molecule has 1 unspecified atom stereocenters. The lowest BCUT2D eigenvalue weighted by Crippen LogP contribution is -2.28. The second-order valence-corrected chi connectivity index (χ2v) is 5.47. The van der Waals surface area contributed by atoms with E-state index in [0.717, 1.165) is 29.8 Å². The minimum atomic E-state index is 0.140. The third-order valence-corrected chi connectivity index (χ3v) is 4.09. The monoisotopic (exact) mass is 290 g/mol. The Balaban J connectivity index is 2.48. The summed E-state index contributed by atoms with van der Waals surface area (Å²) in [5, 5.41) is 9.12. The van der Waals surface area contributed by atoms with E-state index in [1.54, 1.807) is 0 Å². The van der Waals surface area contributed by atoms with Gasteiger partial charge in [0.05, 0.1) is 23.7 Å². The fourth-order valence-corrected chi connectivity index (χ4v) is 2.65. The van der Waals surface area contributed by atoms with Gasteiger partial charge in [0.1, 0.15) is 5.82 Å². The maximum atomic E-state index is 9.12. The van der Waals surface area contributed by atoms with E-state index in [9.17, 15) is 0 Å². The standard InChI is InChI=1S/C16H26N4O/c1-4-13-5-6-15-14(11-13)18-16(20(15)8-7-17)12(2)19(3)9-10-21/h5-6,11-12,21H,4,7-10,17H2,1-3H3. The van der Waals surface area contributed by atoms with Crippen molar-refractivity contribution in [1.29, 1.82) is 0 Å². The number of aliphatic hydroxyl groups is 1. The minimum absolute atomic E-state index is 0.140. The largest absolute Gasteiger partial charge is 0.395 e. The topological polar surface area (TPSA) is 67.3 Å². The van der Waals surface area contributed by atoms with Gasteiger partial charge in [-0.3, -0.25) is 4.90 Å². The predicted octanol–water partition coefficient (Wildman–Crippen LogP) is 1.54. The normalized spacial score (nSPS) is 13.2. The van der Waals surface area contributed by atoms with Gasteiger partial charge in [-0.05, 0) is 38.1 Å². The molecule has 2 aromatic rings. The molecule has 0 aliphatic heterocycles. The first-order valence-corrected chi connectivity index (χ1v) is 7.62. The summed E-state index contributed by atoms with van der Waals surface area (Å²) in [7, 11) is 2.00. The fourth-order valence-electron chi connectivity index (χ4n) is 2.65. The zero-order valence-electron chi connectivity index (χ0n) is 13.2. The minimum Gasteiger partial charge on any atom is -0.395 e. The summed E-state index contributed by atoms with van der Waals surface area (Å²) in [4.78, 5) is 6.93. The van der Waals surface area contributed by atoms with Gasteiger partial charge in [-0.1, -0.05) is 13.0 Å². The highest BCUT2D eigenvalue weighted by Crippen LogP contribution is 2.24. The van der Waals surface area contributed by atoms with Gasteiger partial charge < -0.3 is 15.4 Å². The number of fused-ring (bicyclic) bond motifs is 1. The number of rotatable bonds is 7. The Morgan fingerprint density at radius 3 is 2.81 bits per heavy atom. The Labute approximate surface area is 126 Å². The van der Waals surface area contributed by atoms with Gasteiger partial charge >= 0.3 is 0 Å². The van der Waals surface area contributed by atoms with Crippen molar-refractivity contribution >= 4 is 11.0 Å². The van der Waals surface area contributed by atoms with E-state index in [2.05, 4.69) is 41.5 Å². The Hall–Kier alpha value is -1.43. The van der Waals surface area contributed by atoms with E-state index >= 15 is 0 Å². The lowest BCUT2D eigenvalue weighted by molar-refractivity contribution is 0.182. The van der Waals surface area contributed by atoms with Gasteiger partial charge in [-0.25, -0.2) is 4.98 Å². The van der Waals surface area contributed by atoms with Gasteiger partial charge in [-0.15, -0.1) is 0 Å². The van der Waals surface area contributed by atoms with Crippen LogP contribution in [0.1, 0.15) is 31.3 Å². The van der Waals surface area contributed by atoms with Crippen molar-refractivity contribution in [2.24, 2.45) is 5.73 Å². The van der Waals surface area contributed by atoms with Crippen LogP contribution in [-0.4, -0.2) is 46.3 Å². The molecule has 0 radical (unpaired) electrons. The number of aliphatic hydroxyl groups excluding tert-OH is 1. The Kier molecular flexibility index (Phi) is 5.33. The molecular formula is C16H26N4O. The first-order valence-electron chi connectivity index (χ1n) is 7.62. The van der Waals surface area contributed by atoms with Crippen molar-refractivity contribution in [3.63, 3.8) is 0 Å². The summed E-state index contributed by atoms with van der Waals surface area (Å²) < 4.78 is 2.20. The first-order chi connectivity index (χ1) is 10.1. The van der Waals surface area contributed by atoms with E-state index in [1.807, 2.05) is 7.05 Å². The highest BCUT2D eigenvalue weighted by atomic mass is 16.3. The molecule has 0 saturated carbocycles. The molecule has 0 bridgehead atoms. The molecule has 0 amide bonds. The number of aryl methyl sites for hydroxylation is 1. The molecule has 1 atom stereocenters. The quantitative estimate of drug-likeness (QED) is 0.812. The molecule has 0 saturated heterocycles. The van der Waals surface area contributed by atoms with Crippen LogP contribution in [0.5, 0.6) is 0 Å². The van der Waals surface area contributed by atoms with Gasteiger partial charge in [0.25, 0.3) is 0 Å². The van der Waals surface area contributed by atoms with Crippen molar-refractivity contribution < 1.29 is 5.11 Å². The van der Waals surface area contributed by atoms with Crippen molar-refractivity contribution in [1.82, 2.24) is 14.5 Å². The Bertz CT molecular complexity index is 593. The number of aromatic nitrogens is 2. The number of hydrogen-bond acceptors (Lipinski definition) is 4. The number of likely N-dealkylation sites (N-methyl/N-ethyl adjacent to an activating group) is 1. The second-order valence-electron chi connectivity index (χ2n) is 5.47. The highest BCUT2D eigenvalue weighted by molar-refractivity contribution is 5.77. The summed E-state index contributed by atoms with van der Waals surface area (Å²) in [6.45, 7) is 6.39. The van der Waals surface area contributed by atoms with Crippen molar-refractivity contribution in [2.75, 3.05) is 26.7 Å². The zero-order valence-corrected chi connectivity index (χ0v) is 13.2. The number of nitrogens with zero attached hydrogens (tertiary/aromatic N) is 3. The SMILES string of the molecule is CCc1ccc2c(c1)nc(C(C)N(C)CCO)n2CCN. The molecule has 1 aromatic heterocycles. The number of hydrogen-bond donors (Lipinski definition) is 2. The molecule has 5 heteroatoms. The average Bonchev–Trinajstić information content (AvgIpc) is 2.85. The molecule has 0 aliphatic carbocycles. The van der Waals surface area contributed by atoms with Crippen molar-refractivity contribution in [3.8, 4) is 0 Å². The van der Waals surface area contributed by atoms with Crippen LogP contribution in [0.25, 0.3) is 11.0 Å². The zero-order chi connectivity index (χ0) is 15.4. The molecular weight excluding hydrogens is 264 g/mol. The van der Waals surface area contributed by atoms with Gasteiger partial charge in [-0.2, -0.15) is 0 Å². The molecule has 1 aromatic carbocycles. The molecule has 2 rings (SSSR count). The maximum Gasteiger partial charge on any atom is 0.127 e. The van der Waals surface area contributed by atoms with E-state index in [4.69, 9.17) is 15.8 Å². The summed E-state index contributed by atoms with van der Waals surface area (Å²) in [5.74, 6) is 1.01. The van der Waals surface area contributed by atoms with Crippen LogP contribution >= 0.6 is 0 Å². The summed E-state index contributed by atoms with van der Waals surface area (Å²) in [6, 6.07) is 6.59. The van der Waals surface area contributed by atoms with Gasteiger partial charge in [0, 0.05) is 19.6 Å². The fraction of sp³-hybridized carbons (Fsp3) is 0.562. The Morgan fingerprint density at radius 1 is 1.43 bits per heavy atom. The van der Waals surface area contributed by atoms with Crippen molar-refractivity contribution in [2.45, 2.75) is 32.9 Å². The lowest BCUT2D eigenvalue weighted by Gasteiger charge is -2.24. The van der Waals surface area contributed by atoms with Crippen LogP contribution in [0.3, 0.4) is 0 Å². The molecule has 0 spiro atoms. The van der Waals surface area contributed by atoms with Crippen molar-refractivity contribution in [3.05, 3.63) is 29.6 Å². The third-order valence-electron chi connectivity index (χ3n) is 4.09. The van der Waals surface area contributed by atoms with E-state index in [0.29, 0.717) is 13.1 Å². The number of benzene rings is 1. The third kappa shape index (κ3) is 3.26. The number of imidazole rings is 1. The smallest absolute Gasteiger partial charge is 0.127 e.